The normalized spacial score (nSPS) is 10.4. The van der Waals surface area contributed by atoms with Gasteiger partial charge < -0.3 is 5.11 Å². The number of carbonyl (C=O) groups is 1. The Morgan fingerprint density at radius 3 is 2.75 bits per heavy atom. The van der Waals surface area contributed by atoms with E-state index in [9.17, 15) is 4.79 Å². The van der Waals surface area contributed by atoms with E-state index >= 15 is 0 Å². The second kappa shape index (κ2) is 3.98. The summed E-state index contributed by atoms with van der Waals surface area (Å²) in [6.45, 7) is 1.85. The average Bonchev–Trinajstić information content (AvgIpc) is 2.64. The molecule has 16 heavy (non-hydrogen) atoms. The number of carboxylic acids is 1. The summed E-state index contributed by atoms with van der Waals surface area (Å²) in [5.41, 5.74) is 2.44. The molecule has 0 atom stereocenters. The van der Waals surface area contributed by atoms with Crippen molar-refractivity contribution in [2.24, 2.45) is 0 Å². The van der Waals surface area contributed by atoms with Gasteiger partial charge in [-0.05, 0) is 13.0 Å². The van der Waals surface area contributed by atoms with Crippen LogP contribution in [-0.4, -0.2) is 21.3 Å². The maximum Gasteiger partial charge on any atom is 0.337 e. The van der Waals surface area contributed by atoms with Crippen LogP contribution in [0.1, 0.15) is 16.1 Å². The number of aryl methyl sites for hydroxylation is 1. The van der Waals surface area contributed by atoms with Gasteiger partial charge in [0.2, 0.25) is 0 Å². The van der Waals surface area contributed by atoms with Gasteiger partial charge in [-0.15, -0.1) is 0 Å². The van der Waals surface area contributed by atoms with E-state index < -0.39 is 5.97 Å². The number of aromatic amines is 1. The fourth-order valence-corrected chi connectivity index (χ4v) is 1.84. The lowest BCUT2D eigenvalue weighted by Crippen LogP contribution is -1.98. The summed E-state index contributed by atoms with van der Waals surface area (Å²) in [7, 11) is 0. The third-order valence-corrected chi connectivity index (χ3v) is 2.76. The topological polar surface area (TPSA) is 66.0 Å². The van der Waals surface area contributed by atoms with E-state index in [2.05, 4.69) is 10.2 Å². The summed E-state index contributed by atoms with van der Waals surface area (Å²) in [4.78, 5) is 10.9. The summed E-state index contributed by atoms with van der Waals surface area (Å²) in [6, 6.07) is 4.91. The zero-order chi connectivity index (χ0) is 11.7. The summed E-state index contributed by atoms with van der Waals surface area (Å²) < 4.78 is 0. The molecule has 0 spiro atoms. The average molecular weight is 237 g/mol. The first-order valence-corrected chi connectivity index (χ1v) is 5.01. The van der Waals surface area contributed by atoms with Crippen molar-refractivity contribution in [2.45, 2.75) is 6.92 Å². The molecule has 1 aromatic carbocycles. The van der Waals surface area contributed by atoms with Crippen LogP contribution in [0.4, 0.5) is 0 Å². The first kappa shape index (κ1) is 10.7. The van der Waals surface area contributed by atoms with E-state index in [0.29, 0.717) is 5.56 Å². The highest BCUT2D eigenvalue weighted by Crippen LogP contribution is 2.31. The van der Waals surface area contributed by atoms with Crippen LogP contribution in [0.2, 0.25) is 5.02 Å². The molecular formula is C11H9ClN2O2. The van der Waals surface area contributed by atoms with Crippen molar-refractivity contribution in [3.63, 3.8) is 0 Å². The molecule has 0 radical (unpaired) electrons. The number of aromatic nitrogens is 2. The highest BCUT2D eigenvalue weighted by atomic mass is 35.5. The van der Waals surface area contributed by atoms with E-state index in [-0.39, 0.29) is 10.6 Å². The number of carboxylic acid groups (broad SMARTS) is 1. The number of nitrogens with zero attached hydrogens (tertiary/aromatic N) is 1. The molecule has 0 amide bonds. The first-order valence-electron chi connectivity index (χ1n) is 4.63. The maximum absolute atomic E-state index is 10.9. The molecule has 2 rings (SSSR count). The predicted octanol–water partition coefficient (Wildman–Crippen LogP) is 2.74. The van der Waals surface area contributed by atoms with Gasteiger partial charge >= 0.3 is 5.97 Å². The molecule has 5 heteroatoms. The Balaban J connectivity index is 2.63. The van der Waals surface area contributed by atoms with Crippen LogP contribution in [0.3, 0.4) is 0 Å². The molecule has 0 aliphatic carbocycles. The van der Waals surface area contributed by atoms with Crippen LogP contribution in [0.25, 0.3) is 11.1 Å². The Bertz CT molecular complexity index is 549. The maximum atomic E-state index is 10.9. The van der Waals surface area contributed by atoms with Crippen LogP contribution in [0, 0.1) is 6.92 Å². The zero-order valence-corrected chi connectivity index (χ0v) is 9.25. The number of benzene rings is 1. The van der Waals surface area contributed by atoms with E-state index in [1.807, 2.05) is 6.92 Å². The molecule has 0 fully saturated rings. The molecule has 4 nitrogen and oxygen atoms in total. The van der Waals surface area contributed by atoms with Crippen molar-refractivity contribution < 1.29 is 9.90 Å². The Morgan fingerprint density at radius 1 is 1.44 bits per heavy atom. The number of hydrogen-bond donors (Lipinski definition) is 2. The Hall–Kier alpha value is -1.81. The quantitative estimate of drug-likeness (QED) is 0.843. The Morgan fingerprint density at radius 2 is 2.19 bits per heavy atom. The van der Waals surface area contributed by atoms with Crippen LogP contribution in [-0.2, 0) is 0 Å². The number of rotatable bonds is 2. The van der Waals surface area contributed by atoms with Crippen molar-refractivity contribution in [2.75, 3.05) is 0 Å². The summed E-state index contributed by atoms with van der Waals surface area (Å²) in [6.07, 6.45) is 1.63. The number of halogens is 1. The number of H-pyrrole nitrogens is 1. The second-order valence-electron chi connectivity index (χ2n) is 3.38. The Labute approximate surface area is 96.9 Å². The van der Waals surface area contributed by atoms with E-state index in [4.69, 9.17) is 16.7 Å². The molecule has 0 saturated carbocycles. The fraction of sp³-hybridized carbons (Fsp3) is 0.0909. The summed E-state index contributed by atoms with van der Waals surface area (Å²) in [5.74, 6) is -1.03. The summed E-state index contributed by atoms with van der Waals surface area (Å²) in [5, 5.41) is 15.9. The molecule has 0 unspecified atom stereocenters. The third kappa shape index (κ3) is 1.67. The van der Waals surface area contributed by atoms with Gasteiger partial charge in [0.25, 0.3) is 0 Å². The van der Waals surface area contributed by atoms with E-state index in [1.54, 1.807) is 18.3 Å². The monoisotopic (exact) mass is 236 g/mol. The SMILES string of the molecule is Cc1[nH]ncc1-c1cccc(C(=O)O)c1Cl. The minimum Gasteiger partial charge on any atom is -0.478 e. The molecule has 82 valence electrons. The van der Waals surface area contributed by atoms with Gasteiger partial charge in [0.1, 0.15) is 0 Å². The van der Waals surface area contributed by atoms with Crippen molar-refractivity contribution >= 4 is 17.6 Å². The molecule has 0 aliphatic rings. The van der Waals surface area contributed by atoms with Crippen molar-refractivity contribution in [3.05, 3.63) is 40.7 Å². The van der Waals surface area contributed by atoms with Gasteiger partial charge in [0.15, 0.2) is 0 Å². The smallest absolute Gasteiger partial charge is 0.337 e. The fourth-order valence-electron chi connectivity index (χ4n) is 1.53. The van der Waals surface area contributed by atoms with Crippen LogP contribution in [0.15, 0.2) is 24.4 Å². The highest BCUT2D eigenvalue weighted by molar-refractivity contribution is 6.36. The van der Waals surface area contributed by atoms with E-state index in [0.717, 1.165) is 11.3 Å². The molecule has 2 aromatic rings. The second-order valence-corrected chi connectivity index (χ2v) is 3.76. The summed E-state index contributed by atoms with van der Waals surface area (Å²) >= 11 is 6.04. The standard InChI is InChI=1S/C11H9ClN2O2/c1-6-9(5-13-14-6)7-3-2-4-8(10(7)12)11(15)16/h2-5H,1H3,(H,13,14)(H,15,16). The van der Waals surface area contributed by atoms with Gasteiger partial charge in [0.05, 0.1) is 16.8 Å². The molecule has 2 N–H and O–H groups in total. The van der Waals surface area contributed by atoms with Crippen LogP contribution >= 0.6 is 11.6 Å². The van der Waals surface area contributed by atoms with Crippen molar-refractivity contribution in [1.82, 2.24) is 10.2 Å². The lowest BCUT2D eigenvalue weighted by molar-refractivity contribution is 0.0697. The van der Waals surface area contributed by atoms with Gasteiger partial charge in [-0.2, -0.15) is 5.10 Å². The highest BCUT2D eigenvalue weighted by Gasteiger charge is 2.14. The third-order valence-electron chi connectivity index (χ3n) is 2.35. The largest absolute Gasteiger partial charge is 0.478 e. The molecule has 0 aliphatic heterocycles. The predicted molar refractivity (Wildman–Crippen MR) is 60.7 cm³/mol. The number of nitrogens with one attached hydrogen (secondary N) is 1. The molecule has 0 saturated heterocycles. The number of hydrogen-bond acceptors (Lipinski definition) is 2. The van der Waals surface area contributed by atoms with Crippen LogP contribution < -0.4 is 0 Å². The van der Waals surface area contributed by atoms with Crippen molar-refractivity contribution in [1.29, 1.82) is 0 Å². The van der Waals surface area contributed by atoms with Gasteiger partial charge in [-0.3, -0.25) is 5.10 Å². The number of aromatic carboxylic acids is 1. The lowest BCUT2D eigenvalue weighted by Gasteiger charge is -2.05. The van der Waals surface area contributed by atoms with Gasteiger partial charge in [-0.1, -0.05) is 23.7 Å². The first-order chi connectivity index (χ1) is 7.61. The minimum atomic E-state index is -1.03. The van der Waals surface area contributed by atoms with Gasteiger partial charge in [0, 0.05) is 16.8 Å². The van der Waals surface area contributed by atoms with E-state index in [1.165, 1.54) is 6.07 Å². The minimum absolute atomic E-state index is 0.0970. The van der Waals surface area contributed by atoms with Crippen LogP contribution in [0.5, 0.6) is 0 Å². The Kier molecular flexibility index (Phi) is 2.66. The lowest BCUT2D eigenvalue weighted by atomic mass is 10.0. The zero-order valence-electron chi connectivity index (χ0n) is 8.49. The molecule has 1 heterocycles. The van der Waals surface area contributed by atoms with Gasteiger partial charge in [-0.25, -0.2) is 4.79 Å². The molecule has 0 bridgehead atoms. The molecular weight excluding hydrogens is 228 g/mol. The molecule has 1 aromatic heterocycles. The van der Waals surface area contributed by atoms with Crippen molar-refractivity contribution in [3.8, 4) is 11.1 Å².